The van der Waals surface area contributed by atoms with Crippen LogP contribution in [0.4, 0.5) is 0 Å². The first kappa shape index (κ1) is 11.4. The zero-order valence-electron chi connectivity index (χ0n) is 9.73. The van der Waals surface area contributed by atoms with Gasteiger partial charge in [0.25, 0.3) is 0 Å². The van der Waals surface area contributed by atoms with Gasteiger partial charge in [0.1, 0.15) is 0 Å². The van der Waals surface area contributed by atoms with Gasteiger partial charge in [-0.1, -0.05) is 29.8 Å². The molecule has 1 nitrogen and oxygen atoms in total. The van der Waals surface area contributed by atoms with E-state index in [4.69, 9.17) is 5.73 Å². The molecule has 0 aliphatic heterocycles. The van der Waals surface area contributed by atoms with E-state index in [1.165, 1.54) is 22.3 Å². The first-order valence-electron chi connectivity index (χ1n) is 5.50. The Bertz CT molecular complexity index is 473. The third kappa shape index (κ3) is 2.52. The maximum atomic E-state index is 6.23. The summed E-state index contributed by atoms with van der Waals surface area (Å²) in [5.74, 6) is 0. The van der Waals surface area contributed by atoms with Crippen LogP contribution in [0.3, 0.4) is 0 Å². The molecule has 0 radical (unpaired) electrons. The molecule has 1 aromatic heterocycles. The number of benzene rings is 1. The molecule has 0 aliphatic carbocycles. The van der Waals surface area contributed by atoms with Crippen LogP contribution >= 0.6 is 11.3 Å². The molecule has 84 valence electrons. The van der Waals surface area contributed by atoms with Crippen molar-refractivity contribution in [3.05, 3.63) is 57.3 Å². The number of nitrogens with two attached hydrogens (primary N) is 1. The highest BCUT2D eigenvalue weighted by molar-refractivity contribution is 7.08. The van der Waals surface area contributed by atoms with Crippen molar-refractivity contribution in [3.63, 3.8) is 0 Å². The van der Waals surface area contributed by atoms with Crippen molar-refractivity contribution in [1.29, 1.82) is 0 Å². The summed E-state index contributed by atoms with van der Waals surface area (Å²) in [7, 11) is 0. The van der Waals surface area contributed by atoms with Crippen LogP contribution in [0.2, 0.25) is 0 Å². The van der Waals surface area contributed by atoms with E-state index < -0.39 is 0 Å². The second kappa shape index (κ2) is 4.81. The van der Waals surface area contributed by atoms with E-state index in [0.717, 1.165) is 6.42 Å². The van der Waals surface area contributed by atoms with Gasteiger partial charge in [-0.05, 0) is 47.7 Å². The Kier molecular flexibility index (Phi) is 3.42. The molecule has 0 bridgehead atoms. The molecule has 2 aromatic rings. The molecule has 2 rings (SSSR count). The summed E-state index contributed by atoms with van der Waals surface area (Å²) in [6.07, 6.45) is 0.916. The minimum Gasteiger partial charge on any atom is -0.324 e. The first-order valence-corrected chi connectivity index (χ1v) is 6.45. The van der Waals surface area contributed by atoms with Gasteiger partial charge in [0, 0.05) is 6.04 Å². The average molecular weight is 231 g/mol. The molecular weight excluding hydrogens is 214 g/mol. The Hall–Kier alpha value is -1.12. The van der Waals surface area contributed by atoms with Gasteiger partial charge in [-0.3, -0.25) is 0 Å². The van der Waals surface area contributed by atoms with Crippen molar-refractivity contribution in [2.24, 2.45) is 5.73 Å². The number of rotatable bonds is 3. The molecule has 1 unspecified atom stereocenters. The number of hydrogen-bond acceptors (Lipinski definition) is 2. The Balaban J connectivity index is 2.14. The van der Waals surface area contributed by atoms with Crippen LogP contribution in [-0.4, -0.2) is 0 Å². The molecule has 16 heavy (non-hydrogen) atoms. The van der Waals surface area contributed by atoms with E-state index in [1.54, 1.807) is 11.3 Å². The average Bonchev–Trinajstić information content (AvgIpc) is 2.64. The minimum atomic E-state index is 0.119. The molecule has 0 saturated heterocycles. The molecule has 1 heterocycles. The third-order valence-electron chi connectivity index (χ3n) is 2.83. The van der Waals surface area contributed by atoms with E-state index in [9.17, 15) is 0 Å². The fraction of sp³-hybridized carbons (Fsp3) is 0.286. The molecule has 0 spiro atoms. The van der Waals surface area contributed by atoms with Gasteiger partial charge in [0.2, 0.25) is 0 Å². The molecule has 1 aromatic carbocycles. The predicted molar refractivity (Wildman–Crippen MR) is 70.9 cm³/mol. The van der Waals surface area contributed by atoms with Crippen LogP contribution in [0.5, 0.6) is 0 Å². The normalized spacial score (nSPS) is 12.7. The van der Waals surface area contributed by atoms with Crippen molar-refractivity contribution >= 4 is 11.3 Å². The summed E-state index contributed by atoms with van der Waals surface area (Å²) < 4.78 is 0. The fourth-order valence-electron chi connectivity index (χ4n) is 1.95. The van der Waals surface area contributed by atoms with Gasteiger partial charge in [0.05, 0.1) is 0 Å². The summed E-state index contributed by atoms with van der Waals surface area (Å²) in [4.78, 5) is 0. The largest absolute Gasteiger partial charge is 0.324 e. The first-order chi connectivity index (χ1) is 7.66. The molecular formula is C14H17NS. The predicted octanol–water partition coefficient (Wildman–Crippen LogP) is 3.61. The van der Waals surface area contributed by atoms with Gasteiger partial charge in [-0.15, -0.1) is 0 Å². The summed E-state index contributed by atoms with van der Waals surface area (Å²) in [6, 6.07) is 8.69. The second-order valence-electron chi connectivity index (χ2n) is 4.31. The molecule has 0 fully saturated rings. The third-order valence-corrected chi connectivity index (χ3v) is 3.71. The summed E-state index contributed by atoms with van der Waals surface area (Å²) >= 11 is 1.73. The highest BCUT2D eigenvalue weighted by Gasteiger charge is 2.10. The van der Waals surface area contributed by atoms with Crippen LogP contribution < -0.4 is 5.73 Å². The maximum absolute atomic E-state index is 6.23. The fourth-order valence-corrected chi connectivity index (χ4v) is 2.87. The van der Waals surface area contributed by atoms with Crippen LogP contribution in [0.15, 0.2) is 35.0 Å². The summed E-state index contributed by atoms with van der Waals surface area (Å²) in [5, 5.41) is 4.32. The van der Waals surface area contributed by atoms with Gasteiger partial charge < -0.3 is 5.73 Å². The Labute approximate surface area is 101 Å². The highest BCUT2D eigenvalue weighted by atomic mass is 32.1. The van der Waals surface area contributed by atoms with Crippen molar-refractivity contribution in [2.45, 2.75) is 26.3 Å². The Morgan fingerprint density at radius 1 is 1.25 bits per heavy atom. The lowest BCUT2D eigenvalue weighted by Gasteiger charge is -2.12. The number of thiophene rings is 1. The zero-order chi connectivity index (χ0) is 11.5. The monoisotopic (exact) mass is 231 g/mol. The second-order valence-corrected chi connectivity index (χ2v) is 5.05. The standard InChI is InChI=1S/C14H17NS/c1-10-4-3-5-12(6-10)7-14(15)13-9-16-8-11(13)2/h3-6,8-9,14H,7,15H2,1-2H3. The maximum Gasteiger partial charge on any atom is 0.0346 e. The topological polar surface area (TPSA) is 26.0 Å². The van der Waals surface area contributed by atoms with Crippen LogP contribution in [0.1, 0.15) is 28.3 Å². The van der Waals surface area contributed by atoms with Crippen LogP contribution in [0.25, 0.3) is 0 Å². The highest BCUT2D eigenvalue weighted by Crippen LogP contribution is 2.23. The van der Waals surface area contributed by atoms with E-state index in [-0.39, 0.29) is 6.04 Å². The molecule has 0 aliphatic rings. The van der Waals surface area contributed by atoms with Gasteiger partial charge >= 0.3 is 0 Å². The van der Waals surface area contributed by atoms with Gasteiger partial charge in [0.15, 0.2) is 0 Å². The summed E-state index contributed by atoms with van der Waals surface area (Å²) in [6.45, 7) is 4.24. The van der Waals surface area contributed by atoms with Crippen molar-refractivity contribution < 1.29 is 0 Å². The zero-order valence-corrected chi connectivity index (χ0v) is 10.6. The molecule has 1 atom stereocenters. The van der Waals surface area contributed by atoms with E-state index in [2.05, 4.69) is 48.9 Å². The lowest BCUT2D eigenvalue weighted by atomic mass is 9.98. The lowest BCUT2D eigenvalue weighted by Crippen LogP contribution is -2.13. The smallest absolute Gasteiger partial charge is 0.0346 e. The van der Waals surface area contributed by atoms with Crippen LogP contribution in [0, 0.1) is 13.8 Å². The number of aryl methyl sites for hydroxylation is 2. The lowest BCUT2D eigenvalue weighted by molar-refractivity contribution is 0.720. The molecule has 2 N–H and O–H groups in total. The molecule has 2 heteroatoms. The Morgan fingerprint density at radius 2 is 2.06 bits per heavy atom. The van der Waals surface area contributed by atoms with Crippen molar-refractivity contribution in [2.75, 3.05) is 0 Å². The van der Waals surface area contributed by atoms with Crippen molar-refractivity contribution in [1.82, 2.24) is 0 Å². The van der Waals surface area contributed by atoms with E-state index in [0.29, 0.717) is 0 Å². The molecule has 0 amide bonds. The quantitative estimate of drug-likeness (QED) is 0.858. The Morgan fingerprint density at radius 3 is 2.69 bits per heavy atom. The summed E-state index contributed by atoms with van der Waals surface area (Å²) in [5.41, 5.74) is 11.4. The minimum absolute atomic E-state index is 0.119. The molecule has 0 saturated carbocycles. The van der Waals surface area contributed by atoms with Gasteiger partial charge in [-0.2, -0.15) is 11.3 Å². The SMILES string of the molecule is Cc1cccc(CC(N)c2cscc2C)c1. The number of hydrogen-bond donors (Lipinski definition) is 1. The van der Waals surface area contributed by atoms with Crippen molar-refractivity contribution in [3.8, 4) is 0 Å². The van der Waals surface area contributed by atoms with E-state index >= 15 is 0 Å². The van der Waals surface area contributed by atoms with E-state index in [1.807, 2.05) is 0 Å². The van der Waals surface area contributed by atoms with Gasteiger partial charge in [-0.25, -0.2) is 0 Å². The van der Waals surface area contributed by atoms with Crippen LogP contribution in [-0.2, 0) is 6.42 Å².